The van der Waals surface area contributed by atoms with E-state index in [0.29, 0.717) is 17.5 Å². The summed E-state index contributed by atoms with van der Waals surface area (Å²) in [6, 6.07) is 7.15. The van der Waals surface area contributed by atoms with Crippen molar-refractivity contribution in [1.29, 1.82) is 0 Å². The van der Waals surface area contributed by atoms with E-state index in [9.17, 15) is 13.2 Å². The van der Waals surface area contributed by atoms with Gasteiger partial charge in [0, 0.05) is 18.3 Å². The Morgan fingerprint density at radius 1 is 1.21 bits per heavy atom. The molecule has 2 aliphatic rings. The number of fused-ring (bicyclic) bond motifs is 2. The van der Waals surface area contributed by atoms with Crippen molar-refractivity contribution in [3.05, 3.63) is 29.8 Å². The van der Waals surface area contributed by atoms with Crippen LogP contribution in [0.1, 0.15) is 24.8 Å². The second-order valence-corrected chi connectivity index (χ2v) is 8.55. The first-order valence-electron chi connectivity index (χ1n) is 7.93. The molecule has 2 bridgehead atoms. The Morgan fingerprint density at radius 2 is 1.83 bits per heavy atom. The smallest absolute Gasteiger partial charge is 0.229 e. The fourth-order valence-corrected chi connectivity index (χ4v) is 4.30. The Bertz CT molecular complexity index is 691. The number of halogens is 1. The van der Waals surface area contributed by atoms with Gasteiger partial charge in [0.2, 0.25) is 15.9 Å². The third kappa shape index (κ3) is 4.27. The fraction of sp³-hybridized carbons (Fsp3) is 0.562. The molecule has 1 amide bonds. The Kier molecular flexibility index (Phi) is 5.91. The lowest BCUT2D eigenvalue weighted by molar-refractivity contribution is -0.121. The van der Waals surface area contributed by atoms with E-state index in [0.717, 1.165) is 31.1 Å². The number of carbonyl (C=O) groups is 1. The van der Waals surface area contributed by atoms with E-state index in [1.807, 2.05) is 0 Å². The summed E-state index contributed by atoms with van der Waals surface area (Å²) >= 11 is 0. The van der Waals surface area contributed by atoms with E-state index in [1.54, 1.807) is 24.3 Å². The average molecular weight is 374 g/mol. The molecule has 1 aromatic rings. The molecule has 3 rings (SSSR count). The van der Waals surface area contributed by atoms with Crippen molar-refractivity contribution in [3.8, 4) is 0 Å². The molecule has 2 fully saturated rings. The van der Waals surface area contributed by atoms with Gasteiger partial charge in [-0.2, -0.15) is 0 Å². The summed E-state index contributed by atoms with van der Waals surface area (Å²) in [5, 5.41) is 2.94. The minimum atomic E-state index is -3.21. The third-order valence-electron chi connectivity index (χ3n) is 5.04. The Balaban J connectivity index is 0.00000208. The van der Waals surface area contributed by atoms with Gasteiger partial charge in [0.25, 0.3) is 0 Å². The van der Waals surface area contributed by atoms with E-state index in [-0.39, 0.29) is 36.8 Å². The maximum absolute atomic E-state index is 12.5. The number of nitrogens with two attached hydrogens (primary N) is 1. The predicted octanol–water partition coefficient (Wildman–Crippen LogP) is 1.47. The van der Waals surface area contributed by atoms with Crippen molar-refractivity contribution < 1.29 is 13.2 Å². The van der Waals surface area contributed by atoms with Gasteiger partial charge in [-0.25, -0.2) is 13.1 Å². The van der Waals surface area contributed by atoms with Crippen molar-refractivity contribution >= 4 is 34.0 Å². The van der Waals surface area contributed by atoms with Gasteiger partial charge in [0.05, 0.1) is 12.2 Å². The SMILES string of the molecule is CS(=O)(=O)NCc1ccc(NC(=O)C2C3CCC(C3)C2N)cc1.Cl. The first kappa shape index (κ1) is 19.2. The number of carbonyl (C=O) groups excluding carboxylic acids is 1. The van der Waals surface area contributed by atoms with Gasteiger partial charge in [-0.15, -0.1) is 12.4 Å². The molecule has 24 heavy (non-hydrogen) atoms. The molecule has 8 heteroatoms. The molecule has 4 unspecified atom stereocenters. The van der Waals surface area contributed by atoms with Gasteiger partial charge in [0.15, 0.2) is 0 Å². The summed E-state index contributed by atoms with van der Waals surface area (Å²) in [6.07, 6.45) is 4.46. The number of nitrogens with one attached hydrogen (secondary N) is 2. The summed E-state index contributed by atoms with van der Waals surface area (Å²) < 4.78 is 24.6. The lowest BCUT2D eigenvalue weighted by Crippen LogP contribution is -2.42. The van der Waals surface area contributed by atoms with Gasteiger partial charge in [0.1, 0.15) is 0 Å². The van der Waals surface area contributed by atoms with Crippen LogP contribution >= 0.6 is 12.4 Å². The van der Waals surface area contributed by atoms with Crippen LogP contribution in [0.15, 0.2) is 24.3 Å². The molecule has 0 aromatic heterocycles. The number of sulfonamides is 1. The van der Waals surface area contributed by atoms with Crippen molar-refractivity contribution in [3.63, 3.8) is 0 Å². The highest BCUT2D eigenvalue weighted by Gasteiger charge is 2.49. The molecule has 2 aliphatic carbocycles. The molecule has 4 atom stereocenters. The topological polar surface area (TPSA) is 101 Å². The molecule has 1 aromatic carbocycles. The van der Waals surface area contributed by atoms with Crippen molar-refractivity contribution in [2.75, 3.05) is 11.6 Å². The Hall–Kier alpha value is -1.15. The molecular weight excluding hydrogens is 350 g/mol. The molecular formula is C16H24ClN3O3S. The summed E-state index contributed by atoms with van der Waals surface area (Å²) in [5.41, 5.74) is 7.75. The number of hydrogen-bond acceptors (Lipinski definition) is 4. The first-order chi connectivity index (χ1) is 10.8. The lowest BCUT2D eigenvalue weighted by atomic mass is 9.84. The molecule has 0 spiro atoms. The molecule has 0 aliphatic heterocycles. The van der Waals surface area contributed by atoms with Gasteiger partial charge in [-0.3, -0.25) is 4.79 Å². The highest BCUT2D eigenvalue weighted by molar-refractivity contribution is 7.88. The van der Waals surface area contributed by atoms with Gasteiger partial charge in [-0.05, 0) is 48.8 Å². The van der Waals surface area contributed by atoms with Crippen molar-refractivity contribution in [1.82, 2.24) is 4.72 Å². The zero-order chi connectivity index (χ0) is 16.6. The zero-order valence-corrected chi connectivity index (χ0v) is 15.2. The summed E-state index contributed by atoms with van der Waals surface area (Å²) in [4.78, 5) is 12.5. The third-order valence-corrected chi connectivity index (χ3v) is 5.71. The first-order valence-corrected chi connectivity index (χ1v) is 9.82. The zero-order valence-electron chi connectivity index (χ0n) is 13.6. The average Bonchev–Trinajstić information content (AvgIpc) is 3.06. The summed E-state index contributed by atoms with van der Waals surface area (Å²) in [5.74, 6) is 0.848. The largest absolute Gasteiger partial charge is 0.327 e. The van der Waals surface area contributed by atoms with Crippen molar-refractivity contribution in [2.45, 2.75) is 31.8 Å². The van der Waals surface area contributed by atoms with Crippen LogP contribution in [0.3, 0.4) is 0 Å². The number of benzene rings is 1. The van der Waals surface area contributed by atoms with Crippen LogP contribution in [0.25, 0.3) is 0 Å². The molecule has 2 saturated carbocycles. The Labute approximate surface area is 149 Å². The van der Waals surface area contributed by atoms with E-state index in [2.05, 4.69) is 10.0 Å². The van der Waals surface area contributed by atoms with Gasteiger partial charge >= 0.3 is 0 Å². The molecule has 0 saturated heterocycles. The molecule has 4 N–H and O–H groups in total. The van der Waals surface area contributed by atoms with Crippen LogP contribution in [0.2, 0.25) is 0 Å². The van der Waals surface area contributed by atoms with Crippen molar-refractivity contribution in [2.24, 2.45) is 23.5 Å². The highest BCUT2D eigenvalue weighted by atomic mass is 35.5. The summed E-state index contributed by atoms with van der Waals surface area (Å²) in [7, 11) is -3.21. The number of hydrogen-bond donors (Lipinski definition) is 3. The normalized spacial score (nSPS) is 28.4. The van der Waals surface area contributed by atoms with Crippen LogP contribution in [0, 0.1) is 17.8 Å². The molecule has 0 heterocycles. The molecule has 0 radical (unpaired) electrons. The summed E-state index contributed by atoms with van der Waals surface area (Å²) in [6.45, 7) is 0.240. The van der Waals surface area contributed by atoms with Crippen LogP contribution in [-0.4, -0.2) is 26.6 Å². The maximum atomic E-state index is 12.5. The fourth-order valence-electron chi connectivity index (χ4n) is 3.87. The van der Waals surface area contributed by atoms with Crippen LogP contribution in [0.4, 0.5) is 5.69 Å². The molecule has 134 valence electrons. The second-order valence-electron chi connectivity index (χ2n) is 6.72. The Morgan fingerprint density at radius 3 is 2.38 bits per heavy atom. The number of anilines is 1. The van der Waals surface area contributed by atoms with Crippen LogP contribution < -0.4 is 15.8 Å². The van der Waals surface area contributed by atoms with E-state index < -0.39 is 10.0 Å². The number of amides is 1. The van der Waals surface area contributed by atoms with E-state index in [1.165, 1.54) is 0 Å². The minimum absolute atomic E-state index is 0. The highest BCUT2D eigenvalue weighted by Crippen LogP contribution is 2.47. The standard InChI is InChI=1S/C16H23N3O3S.ClH/c1-23(21,22)18-9-10-2-6-13(7-3-10)19-16(20)14-11-4-5-12(8-11)15(14)17;/h2-3,6-7,11-12,14-15,18H,4-5,8-9,17H2,1H3,(H,19,20);1H. The van der Waals surface area contributed by atoms with Gasteiger partial charge < -0.3 is 11.1 Å². The second kappa shape index (κ2) is 7.39. The van der Waals surface area contributed by atoms with Crippen LogP contribution in [0.5, 0.6) is 0 Å². The quantitative estimate of drug-likeness (QED) is 0.727. The van der Waals surface area contributed by atoms with E-state index >= 15 is 0 Å². The maximum Gasteiger partial charge on any atom is 0.229 e. The van der Waals surface area contributed by atoms with E-state index in [4.69, 9.17) is 5.73 Å². The number of rotatable bonds is 5. The predicted molar refractivity (Wildman–Crippen MR) is 96.3 cm³/mol. The lowest BCUT2D eigenvalue weighted by Gasteiger charge is -2.27. The van der Waals surface area contributed by atoms with Crippen LogP contribution in [-0.2, 0) is 21.4 Å². The minimum Gasteiger partial charge on any atom is -0.327 e. The van der Waals surface area contributed by atoms with Gasteiger partial charge in [-0.1, -0.05) is 12.1 Å². The molecule has 6 nitrogen and oxygen atoms in total. The monoisotopic (exact) mass is 373 g/mol.